The largest absolute Gasteiger partial charge is 0.350 e. The van der Waals surface area contributed by atoms with Crippen molar-refractivity contribution in [3.63, 3.8) is 0 Å². The Kier molecular flexibility index (Phi) is 4.25. The second-order valence-electron chi connectivity index (χ2n) is 6.81. The molecule has 1 amide bonds. The molecule has 0 aliphatic heterocycles. The number of hydrogen-bond donors (Lipinski definition) is 1. The van der Waals surface area contributed by atoms with Crippen LogP contribution in [0, 0.1) is 11.3 Å². The van der Waals surface area contributed by atoms with E-state index in [1.165, 1.54) is 16.9 Å². The Morgan fingerprint density at radius 3 is 2.75 bits per heavy atom. The molecule has 2 heterocycles. The summed E-state index contributed by atoms with van der Waals surface area (Å²) in [5, 5.41) is 13.4. The number of fused-ring (bicyclic) bond motifs is 2. The van der Waals surface area contributed by atoms with Crippen LogP contribution < -0.4 is 5.32 Å². The highest BCUT2D eigenvalue weighted by Crippen LogP contribution is 2.30. The minimum absolute atomic E-state index is 0.0869. The summed E-state index contributed by atoms with van der Waals surface area (Å²) in [7, 11) is 0. The molecule has 0 spiro atoms. The van der Waals surface area contributed by atoms with Gasteiger partial charge in [-0.15, -0.1) is 11.3 Å². The van der Waals surface area contributed by atoms with Crippen molar-refractivity contribution in [2.75, 3.05) is 6.54 Å². The highest BCUT2D eigenvalue weighted by molar-refractivity contribution is 7.20. The van der Waals surface area contributed by atoms with Crippen molar-refractivity contribution in [2.24, 2.45) is 0 Å². The number of thiophene rings is 1. The molecule has 1 N–H and O–H groups in total. The van der Waals surface area contributed by atoms with Crippen LogP contribution in [0.2, 0.25) is 0 Å². The van der Waals surface area contributed by atoms with E-state index in [0.29, 0.717) is 17.8 Å². The fourth-order valence-electron chi connectivity index (χ4n) is 2.53. The number of nitriles is 1. The van der Waals surface area contributed by atoms with E-state index in [4.69, 9.17) is 5.26 Å². The SMILES string of the molecule is CC(C)(C)c1ccc2nc3sc(C(=O)NCCC#N)cc3cc2c1. The summed E-state index contributed by atoms with van der Waals surface area (Å²) in [4.78, 5) is 18.3. The van der Waals surface area contributed by atoms with Crippen LogP contribution in [0.3, 0.4) is 0 Å². The van der Waals surface area contributed by atoms with Crippen molar-refractivity contribution in [3.05, 3.63) is 40.8 Å². The number of carbonyl (C=O) groups is 1. The molecule has 1 aromatic carbocycles. The average Bonchev–Trinajstić information content (AvgIpc) is 2.94. The van der Waals surface area contributed by atoms with E-state index < -0.39 is 0 Å². The summed E-state index contributed by atoms with van der Waals surface area (Å²) in [6.45, 7) is 6.94. The Morgan fingerprint density at radius 2 is 2.04 bits per heavy atom. The van der Waals surface area contributed by atoms with E-state index >= 15 is 0 Å². The zero-order chi connectivity index (χ0) is 17.3. The Balaban J connectivity index is 1.99. The molecule has 0 saturated heterocycles. The molecule has 2 aromatic heterocycles. The zero-order valence-corrected chi connectivity index (χ0v) is 14.8. The number of carbonyl (C=O) groups excluding carboxylic acids is 1. The third kappa shape index (κ3) is 3.24. The van der Waals surface area contributed by atoms with Gasteiger partial charge in [-0.1, -0.05) is 26.8 Å². The Hall–Kier alpha value is -2.45. The number of amides is 1. The molecule has 3 rings (SSSR count). The topological polar surface area (TPSA) is 65.8 Å². The molecule has 0 fully saturated rings. The highest BCUT2D eigenvalue weighted by atomic mass is 32.1. The summed E-state index contributed by atoms with van der Waals surface area (Å²) in [5.74, 6) is -0.146. The van der Waals surface area contributed by atoms with Crippen molar-refractivity contribution >= 4 is 38.4 Å². The molecule has 0 aliphatic rings. The minimum Gasteiger partial charge on any atom is -0.350 e. The molecule has 0 bridgehead atoms. The third-order valence-corrected chi connectivity index (χ3v) is 4.96. The average molecular weight is 337 g/mol. The smallest absolute Gasteiger partial charge is 0.261 e. The maximum Gasteiger partial charge on any atom is 0.261 e. The second-order valence-corrected chi connectivity index (χ2v) is 7.85. The quantitative estimate of drug-likeness (QED) is 0.721. The number of benzene rings is 1. The number of pyridine rings is 1. The van der Waals surface area contributed by atoms with Crippen LogP contribution in [-0.4, -0.2) is 17.4 Å². The lowest BCUT2D eigenvalue weighted by Gasteiger charge is -2.19. The van der Waals surface area contributed by atoms with Crippen LogP contribution in [0.4, 0.5) is 0 Å². The molecule has 122 valence electrons. The van der Waals surface area contributed by atoms with Crippen LogP contribution >= 0.6 is 11.3 Å². The molecule has 0 saturated carbocycles. The van der Waals surface area contributed by atoms with Gasteiger partial charge in [-0.2, -0.15) is 5.26 Å². The lowest BCUT2D eigenvalue weighted by Crippen LogP contribution is -2.23. The molecule has 3 aromatic rings. The Labute approximate surface area is 145 Å². The fraction of sp³-hybridized carbons (Fsp3) is 0.316. The van der Waals surface area contributed by atoms with E-state index in [1.807, 2.05) is 18.2 Å². The first-order chi connectivity index (χ1) is 11.4. The van der Waals surface area contributed by atoms with Crippen LogP contribution in [0.25, 0.3) is 21.1 Å². The monoisotopic (exact) mass is 337 g/mol. The summed E-state index contributed by atoms with van der Waals surface area (Å²) >= 11 is 1.38. The first-order valence-corrected chi connectivity index (χ1v) is 8.70. The van der Waals surface area contributed by atoms with E-state index in [2.05, 4.69) is 49.3 Å². The van der Waals surface area contributed by atoms with Gasteiger partial charge in [0.05, 0.1) is 22.9 Å². The maximum absolute atomic E-state index is 12.1. The lowest BCUT2D eigenvalue weighted by molar-refractivity contribution is 0.0958. The van der Waals surface area contributed by atoms with Gasteiger partial charge in [0.1, 0.15) is 4.83 Å². The normalized spacial score (nSPS) is 11.6. The number of aromatic nitrogens is 1. The first-order valence-electron chi connectivity index (χ1n) is 7.88. The standard InChI is InChI=1S/C19H19N3OS/c1-19(2,3)14-5-6-15-12(10-14)9-13-11-16(24-18(13)22-15)17(23)21-8-4-7-20/h5-6,9-11H,4,8H2,1-3H3,(H,21,23). The molecular formula is C19H19N3OS. The van der Waals surface area contributed by atoms with Gasteiger partial charge in [-0.25, -0.2) is 4.98 Å². The van der Waals surface area contributed by atoms with Gasteiger partial charge in [0.15, 0.2) is 0 Å². The third-order valence-electron chi connectivity index (χ3n) is 3.91. The predicted octanol–water partition coefficient (Wildman–Crippen LogP) is 4.39. The molecule has 0 aliphatic carbocycles. The Morgan fingerprint density at radius 1 is 1.25 bits per heavy atom. The molecular weight excluding hydrogens is 318 g/mol. The van der Waals surface area contributed by atoms with Gasteiger partial charge >= 0.3 is 0 Å². The molecule has 0 radical (unpaired) electrons. The second kappa shape index (κ2) is 6.21. The van der Waals surface area contributed by atoms with Crippen molar-refractivity contribution in [1.82, 2.24) is 10.3 Å². The summed E-state index contributed by atoms with van der Waals surface area (Å²) in [6.07, 6.45) is 0.314. The number of nitrogens with zero attached hydrogens (tertiary/aromatic N) is 2. The van der Waals surface area contributed by atoms with Gasteiger partial charge in [-0.3, -0.25) is 4.79 Å². The van der Waals surface area contributed by atoms with Crippen LogP contribution in [0.1, 0.15) is 42.4 Å². The first kappa shape index (κ1) is 16.4. The number of hydrogen-bond acceptors (Lipinski definition) is 4. The molecule has 0 unspecified atom stereocenters. The van der Waals surface area contributed by atoms with Crippen molar-refractivity contribution in [2.45, 2.75) is 32.6 Å². The van der Waals surface area contributed by atoms with Crippen molar-refractivity contribution < 1.29 is 4.79 Å². The van der Waals surface area contributed by atoms with Crippen LogP contribution in [0.15, 0.2) is 30.3 Å². The summed E-state index contributed by atoms with van der Waals surface area (Å²) < 4.78 is 0. The zero-order valence-electron chi connectivity index (χ0n) is 14.0. The lowest BCUT2D eigenvalue weighted by atomic mass is 9.86. The summed E-state index contributed by atoms with van der Waals surface area (Å²) in [6, 6.07) is 12.3. The molecule has 24 heavy (non-hydrogen) atoms. The van der Waals surface area contributed by atoms with Gasteiger partial charge in [0.2, 0.25) is 0 Å². The van der Waals surface area contributed by atoms with Gasteiger partial charge in [-0.05, 0) is 35.2 Å². The van der Waals surface area contributed by atoms with Crippen LogP contribution in [-0.2, 0) is 5.41 Å². The van der Waals surface area contributed by atoms with Crippen LogP contribution in [0.5, 0.6) is 0 Å². The van der Waals surface area contributed by atoms with Gasteiger partial charge in [0.25, 0.3) is 5.91 Å². The van der Waals surface area contributed by atoms with Crippen molar-refractivity contribution in [3.8, 4) is 6.07 Å². The van der Waals surface area contributed by atoms with E-state index in [1.54, 1.807) is 0 Å². The fourth-order valence-corrected chi connectivity index (χ4v) is 3.47. The molecule has 0 atom stereocenters. The number of rotatable bonds is 3. The highest BCUT2D eigenvalue weighted by Gasteiger charge is 2.15. The predicted molar refractivity (Wildman–Crippen MR) is 98.4 cm³/mol. The van der Waals surface area contributed by atoms with E-state index in [-0.39, 0.29) is 11.3 Å². The van der Waals surface area contributed by atoms with Crippen molar-refractivity contribution in [1.29, 1.82) is 5.26 Å². The summed E-state index contributed by atoms with van der Waals surface area (Å²) in [5.41, 5.74) is 2.29. The van der Waals surface area contributed by atoms with E-state index in [0.717, 1.165) is 21.1 Å². The molecule has 4 nitrogen and oxygen atoms in total. The van der Waals surface area contributed by atoms with E-state index in [9.17, 15) is 4.79 Å². The number of nitrogens with one attached hydrogen (secondary N) is 1. The van der Waals surface area contributed by atoms with Gasteiger partial charge < -0.3 is 5.32 Å². The minimum atomic E-state index is -0.146. The molecule has 5 heteroatoms. The Bertz CT molecular complexity index is 960. The van der Waals surface area contributed by atoms with Gasteiger partial charge in [0, 0.05) is 17.3 Å². The maximum atomic E-state index is 12.1.